The SMILES string of the molecule is Cc1cc(OC2CCC2)n2nc(C)cc2n1. The molecule has 4 nitrogen and oxygen atoms in total. The van der Waals surface area contributed by atoms with Gasteiger partial charge in [-0.2, -0.15) is 9.61 Å². The van der Waals surface area contributed by atoms with Crippen LogP contribution < -0.4 is 4.74 Å². The molecule has 0 saturated heterocycles. The number of aryl methyl sites for hydroxylation is 2. The second-order valence-corrected chi connectivity index (χ2v) is 4.46. The molecule has 0 unspecified atom stereocenters. The zero-order valence-electron chi connectivity index (χ0n) is 9.60. The molecule has 0 aromatic carbocycles. The van der Waals surface area contributed by atoms with Crippen molar-refractivity contribution in [3.05, 3.63) is 23.5 Å². The minimum Gasteiger partial charge on any atom is -0.474 e. The van der Waals surface area contributed by atoms with Crippen LogP contribution in [-0.4, -0.2) is 20.7 Å². The molecular formula is C12H15N3O. The zero-order chi connectivity index (χ0) is 11.1. The van der Waals surface area contributed by atoms with Crippen molar-refractivity contribution in [1.29, 1.82) is 0 Å². The van der Waals surface area contributed by atoms with E-state index < -0.39 is 0 Å². The lowest BCUT2D eigenvalue weighted by molar-refractivity contribution is 0.111. The van der Waals surface area contributed by atoms with Crippen LogP contribution in [0.4, 0.5) is 0 Å². The molecule has 2 aromatic rings. The van der Waals surface area contributed by atoms with E-state index in [1.165, 1.54) is 6.42 Å². The van der Waals surface area contributed by atoms with Crippen molar-refractivity contribution >= 4 is 5.65 Å². The molecule has 2 aromatic heterocycles. The van der Waals surface area contributed by atoms with E-state index in [4.69, 9.17) is 4.74 Å². The number of hydrogen-bond donors (Lipinski definition) is 0. The van der Waals surface area contributed by atoms with Gasteiger partial charge in [-0.3, -0.25) is 0 Å². The maximum Gasteiger partial charge on any atom is 0.218 e. The Hall–Kier alpha value is -1.58. The van der Waals surface area contributed by atoms with Gasteiger partial charge in [-0.15, -0.1) is 0 Å². The summed E-state index contributed by atoms with van der Waals surface area (Å²) < 4.78 is 7.71. The Morgan fingerprint density at radius 1 is 1.25 bits per heavy atom. The van der Waals surface area contributed by atoms with Crippen molar-refractivity contribution in [1.82, 2.24) is 14.6 Å². The molecule has 0 amide bonds. The van der Waals surface area contributed by atoms with Gasteiger partial charge in [-0.25, -0.2) is 4.98 Å². The Balaban J connectivity index is 2.05. The minimum atomic E-state index is 0.370. The van der Waals surface area contributed by atoms with Gasteiger partial charge in [-0.1, -0.05) is 0 Å². The van der Waals surface area contributed by atoms with E-state index in [0.717, 1.165) is 35.8 Å². The highest BCUT2D eigenvalue weighted by Gasteiger charge is 2.20. The minimum absolute atomic E-state index is 0.370. The van der Waals surface area contributed by atoms with Gasteiger partial charge >= 0.3 is 0 Å². The molecule has 4 heteroatoms. The van der Waals surface area contributed by atoms with Crippen LogP contribution in [0.1, 0.15) is 30.7 Å². The average molecular weight is 217 g/mol. The third kappa shape index (κ3) is 1.54. The highest BCUT2D eigenvalue weighted by molar-refractivity contribution is 5.43. The first kappa shape index (κ1) is 9.63. The van der Waals surface area contributed by atoms with Gasteiger partial charge in [-0.05, 0) is 33.1 Å². The fourth-order valence-corrected chi connectivity index (χ4v) is 1.92. The Bertz CT molecular complexity index is 528. The van der Waals surface area contributed by atoms with Crippen LogP contribution >= 0.6 is 0 Å². The third-order valence-electron chi connectivity index (χ3n) is 2.98. The standard InChI is InChI=1S/C12H15N3O/c1-8-7-12(16-10-4-3-5-10)15-11(13-8)6-9(2)14-15/h6-7,10H,3-5H2,1-2H3. The van der Waals surface area contributed by atoms with E-state index in [-0.39, 0.29) is 0 Å². The summed E-state index contributed by atoms with van der Waals surface area (Å²) >= 11 is 0. The fraction of sp³-hybridized carbons (Fsp3) is 0.500. The number of fused-ring (bicyclic) bond motifs is 1. The predicted molar refractivity (Wildman–Crippen MR) is 60.7 cm³/mol. The van der Waals surface area contributed by atoms with Crippen LogP contribution in [0.15, 0.2) is 12.1 Å². The Labute approximate surface area is 94.3 Å². The normalized spacial score (nSPS) is 16.4. The second-order valence-electron chi connectivity index (χ2n) is 4.46. The molecule has 1 aliphatic carbocycles. The van der Waals surface area contributed by atoms with Gasteiger partial charge < -0.3 is 4.74 Å². The van der Waals surface area contributed by atoms with E-state index in [0.29, 0.717) is 6.10 Å². The first-order valence-corrected chi connectivity index (χ1v) is 5.73. The van der Waals surface area contributed by atoms with Crippen molar-refractivity contribution in [2.24, 2.45) is 0 Å². The van der Waals surface area contributed by atoms with Gasteiger partial charge in [0, 0.05) is 17.8 Å². The molecule has 2 heterocycles. The molecule has 1 aliphatic rings. The molecule has 0 spiro atoms. The first-order valence-electron chi connectivity index (χ1n) is 5.73. The average Bonchev–Trinajstić information content (AvgIpc) is 2.51. The summed E-state index contributed by atoms with van der Waals surface area (Å²) in [5.74, 6) is 0.820. The third-order valence-corrected chi connectivity index (χ3v) is 2.98. The summed E-state index contributed by atoms with van der Waals surface area (Å²) in [4.78, 5) is 4.43. The summed E-state index contributed by atoms with van der Waals surface area (Å²) in [6.07, 6.45) is 3.96. The van der Waals surface area contributed by atoms with E-state index in [2.05, 4.69) is 10.1 Å². The Morgan fingerprint density at radius 2 is 2.06 bits per heavy atom. The summed E-state index contributed by atoms with van der Waals surface area (Å²) in [6.45, 7) is 3.95. The van der Waals surface area contributed by atoms with Crippen molar-refractivity contribution in [2.75, 3.05) is 0 Å². The van der Waals surface area contributed by atoms with Crippen LogP contribution in [0, 0.1) is 13.8 Å². The maximum atomic E-state index is 5.92. The van der Waals surface area contributed by atoms with E-state index >= 15 is 0 Å². The molecule has 0 aliphatic heterocycles. The van der Waals surface area contributed by atoms with Gasteiger partial charge in [0.15, 0.2) is 5.65 Å². The molecule has 0 N–H and O–H groups in total. The van der Waals surface area contributed by atoms with E-state index in [9.17, 15) is 0 Å². The van der Waals surface area contributed by atoms with Crippen LogP contribution in [0.25, 0.3) is 5.65 Å². The predicted octanol–water partition coefficient (Wildman–Crippen LogP) is 2.28. The van der Waals surface area contributed by atoms with Crippen LogP contribution in [-0.2, 0) is 0 Å². The Morgan fingerprint density at radius 3 is 2.75 bits per heavy atom. The number of aromatic nitrogens is 3. The molecule has 0 radical (unpaired) electrons. The summed E-state index contributed by atoms with van der Waals surface area (Å²) in [5.41, 5.74) is 2.81. The van der Waals surface area contributed by atoms with E-state index in [1.807, 2.05) is 26.0 Å². The molecule has 0 bridgehead atoms. The lowest BCUT2D eigenvalue weighted by Crippen LogP contribution is -2.25. The van der Waals surface area contributed by atoms with Crippen LogP contribution in [0.3, 0.4) is 0 Å². The summed E-state index contributed by atoms with van der Waals surface area (Å²) in [6, 6.07) is 3.93. The molecule has 0 atom stereocenters. The lowest BCUT2D eigenvalue weighted by Gasteiger charge is -2.26. The highest BCUT2D eigenvalue weighted by Crippen LogP contribution is 2.25. The van der Waals surface area contributed by atoms with Gasteiger partial charge in [0.2, 0.25) is 5.88 Å². The smallest absolute Gasteiger partial charge is 0.218 e. The van der Waals surface area contributed by atoms with Gasteiger partial charge in [0.05, 0.1) is 5.69 Å². The number of nitrogens with zero attached hydrogens (tertiary/aromatic N) is 3. The van der Waals surface area contributed by atoms with Gasteiger partial charge in [0.25, 0.3) is 0 Å². The zero-order valence-corrected chi connectivity index (χ0v) is 9.60. The quantitative estimate of drug-likeness (QED) is 0.774. The lowest BCUT2D eigenvalue weighted by atomic mass is 9.96. The van der Waals surface area contributed by atoms with Crippen molar-refractivity contribution < 1.29 is 4.74 Å². The van der Waals surface area contributed by atoms with Crippen LogP contribution in [0.2, 0.25) is 0 Å². The first-order chi connectivity index (χ1) is 7.72. The topological polar surface area (TPSA) is 39.4 Å². The maximum absolute atomic E-state index is 5.92. The van der Waals surface area contributed by atoms with E-state index in [1.54, 1.807) is 4.52 Å². The summed E-state index contributed by atoms with van der Waals surface area (Å²) in [5, 5.41) is 4.39. The molecule has 1 fully saturated rings. The van der Waals surface area contributed by atoms with Crippen LogP contribution in [0.5, 0.6) is 5.88 Å². The van der Waals surface area contributed by atoms with Gasteiger partial charge in [0.1, 0.15) is 6.10 Å². The molecular weight excluding hydrogens is 202 g/mol. The second kappa shape index (κ2) is 3.47. The summed E-state index contributed by atoms with van der Waals surface area (Å²) in [7, 11) is 0. The fourth-order valence-electron chi connectivity index (χ4n) is 1.92. The molecule has 16 heavy (non-hydrogen) atoms. The Kier molecular flexibility index (Phi) is 2.09. The van der Waals surface area contributed by atoms with Crippen molar-refractivity contribution in [2.45, 2.75) is 39.2 Å². The highest BCUT2D eigenvalue weighted by atomic mass is 16.5. The number of hydrogen-bond acceptors (Lipinski definition) is 3. The monoisotopic (exact) mass is 217 g/mol. The van der Waals surface area contributed by atoms with Crippen molar-refractivity contribution in [3.63, 3.8) is 0 Å². The molecule has 3 rings (SSSR count). The number of ether oxygens (including phenoxy) is 1. The largest absolute Gasteiger partial charge is 0.474 e. The molecule has 1 saturated carbocycles. The molecule has 84 valence electrons. The van der Waals surface area contributed by atoms with Crippen molar-refractivity contribution in [3.8, 4) is 5.88 Å². The number of rotatable bonds is 2.